The first-order valence-corrected chi connectivity index (χ1v) is 9.06. The number of aromatic nitrogens is 4. The number of hydrogen-bond donors (Lipinski definition) is 0. The van der Waals surface area contributed by atoms with E-state index >= 15 is 0 Å². The van der Waals surface area contributed by atoms with Crippen molar-refractivity contribution in [1.82, 2.24) is 19.1 Å². The van der Waals surface area contributed by atoms with E-state index in [0.717, 1.165) is 4.57 Å². The molecule has 27 heavy (non-hydrogen) atoms. The number of para-hydroxylation sites is 1. The van der Waals surface area contributed by atoms with Crippen molar-refractivity contribution in [3.8, 4) is 0 Å². The average Bonchev–Trinajstić information content (AvgIpc) is 3.34. The van der Waals surface area contributed by atoms with E-state index in [-0.39, 0.29) is 23.7 Å². The van der Waals surface area contributed by atoms with Crippen molar-refractivity contribution < 1.29 is 13.2 Å². The highest BCUT2D eigenvalue weighted by Gasteiger charge is 2.16. The van der Waals surface area contributed by atoms with Crippen LogP contribution < -0.4 is 5.56 Å². The topological polar surface area (TPSA) is 65.8 Å². The smallest absolute Gasteiger partial charge is 0.319 e. The Kier molecular flexibility index (Phi) is 4.76. The summed E-state index contributed by atoms with van der Waals surface area (Å²) in [5.74, 6) is 0.965. The van der Waals surface area contributed by atoms with Gasteiger partial charge < -0.3 is 4.42 Å². The van der Waals surface area contributed by atoms with E-state index in [2.05, 4.69) is 9.97 Å². The predicted molar refractivity (Wildman–Crippen MR) is 96.9 cm³/mol. The highest BCUT2D eigenvalue weighted by molar-refractivity contribution is 7.98. The molecule has 0 saturated heterocycles. The van der Waals surface area contributed by atoms with Crippen LogP contribution in [-0.4, -0.2) is 19.1 Å². The van der Waals surface area contributed by atoms with Crippen molar-refractivity contribution in [2.45, 2.75) is 24.0 Å². The lowest BCUT2D eigenvalue weighted by Gasteiger charge is -2.12. The Morgan fingerprint density at radius 3 is 2.81 bits per heavy atom. The van der Waals surface area contributed by atoms with E-state index in [1.165, 1.54) is 35.0 Å². The normalized spacial score (nSPS) is 11.5. The molecular weight excluding hydrogens is 374 g/mol. The third kappa shape index (κ3) is 3.50. The number of benzene rings is 1. The van der Waals surface area contributed by atoms with Crippen molar-refractivity contribution in [1.29, 1.82) is 0 Å². The quantitative estimate of drug-likeness (QED) is 0.370. The van der Waals surface area contributed by atoms with Gasteiger partial charge in [0.2, 0.25) is 0 Å². The fourth-order valence-corrected chi connectivity index (χ4v) is 3.67. The second kappa shape index (κ2) is 7.36. The first-order chi connectivity index (χ1) is 13.1. The Morgan fingerprint density at radius 1 is 1.19 bits per heavy atom. The Balaban J connectivity index is 1.73. The van der Waals surface area contributed by atoms with Gasteiger partial charge in [0.15, 0.2) is 5.16 Å². The predicted octanol–water partition coefficient (Wildman–Crippen LogP) is 3.92. The molecule has 0 N–H and O–H groups in total. The molecule has 4 rings (SSSR count). The van der Waals surface area contributed by atoms with Gasteiger partial charge in [0.05, 0.1) is 29.5 Å². The van der Waals surface area contributed by atoms with Crippen LogP contribution in [0.2, 0.25) is 0 Å². The molecule has 0 aliphatic heterocycles. The summed E-state index contributed by atoms with van der Waals surface area (Å²) in [6.07, 6.45) is 4.08. The second-order valence-corrected chi connectivity index (χ2v) is 6.64. The number of furan rings is 1. The molecule has 3 aromatic heterocycles. The number of thioether (sulfide) groups is 1. The SMILES string of the molecule is O=c1c2ccccc2nc(SCc2nccn2C(F)F)n1Cc1ccco1. The molecule has 9 heteroatoms. The maximum atomic E-state index is 13.0. The van der Waals surface area contributed by atoms with Crippen LogP contribution in [0.1, 0.15) is 18.1 Å². The Bertz CT molecular complexity index is 1120. The highest BCUT2D eigenvalue weighted by Crippen LogP contribution is 2.24. The Hall–Kier alpha value is -2.94. The van der Waals surface area contributed by atoms with Crippen LogP contribution in [-0.2, 0) is 12.3 Å². The highest BCUT2D eigenvalue weighted by atomic mass is 32.2. The number of halogens is 2. The molecule has 0 spiro atoms. The van der Waals surface area contributed by atoms with Gasteiger partial charge in [-0.1, -0.05) is 23.9 Å². The molecule has 0 atom stereocenters. The molecule has 0 radical (unpaired) electrons. The minimum atomic E-state index is -2.67. The summed E-state index contributed by atoms with van der Waals surface area (Å²) in [5, 5.41) is 0.904. The van der Waals surface area contributed by atoms with Gasteiger partial charge in [-0.2, -0.15) is 8.78 Å². The fourth-order valence-electron chi connectivity index (χ4n) is 2.72. The molecule has 0 aliphatic carbocycles. The Morgan fingerprint density at radius 2 is 2.04 bits per heavy atom. The monoisotopic (exact) mass is 388 g/mol. The van der Waals surface area contributed by atoms with Crippen LogP contribution in [0.3, 0.4) is 0 Å². The number of alkyl halides is 2. The number of fused-ring (bicyclic) bond motifs is 1. The van der Waals surface area contributed by atoms with Crippen molar-refractivity contribution in [3.63, 3.8) is 0 Å². The van der Waals surface area contributed by atoms with E-state index in [1.54, 1.807) is 36.4 Å². The zero-order valence-electron chi connectivity index (χ0n) is 14.0. The van der Waals surface area contributed by atoms with E-state index in [4.69, 9.17) is 4.42 Å². The summed E-state index contributed by atoms with van der Waals surface area (Å²) in [5.41, 5.74) is 0.342. The molecule has 1 aromatic carbocycles. The van der Waals surface area contributed by atoms with Crippen LogP contribution >= 0.6 is 11.8 Å². The first-order valence-electron chi connectivity index (χ1n) is 8.08. The van der Waals surface area contributed by atoms with E-state index in [9.17, 15) is 13.6 Å². The van der Waals surface area contributed by atoms with Crippen LogP contribution in [0.4, 0.5) is 8.78 Å². The standard InChI is InChI=1S/C18H14F2N4O2S/c19-17(20)23-8-7-21-15(23)11-27-18-22-14-6-2-1-5-13(14)16(25)24(18)10-12-4-3-9-26-12/h1-9,17H,10-11H2. The van der Waals surface area contributed by atoms with Crippen LogP contribution in [0.15, 0.2) is 69.4 Å². The fraction of sp³-hybridized carbons (Fsp3) is 0.167. The van der Waals surface area contributed by atoms with Gasteiger partial charge in [0.25, 0.3) is 5.56 Å². The van der Waals surface area contributed by atoms with Gasteiger partial charge in [0, 0.05) is 12.4 Å². The lowest BCUT2D eigenvalue weighted by Crippen LogP contribution is -2.23. The number of imidazole rings is 1. The minimum Gasteiger partial charge on any atom is -0.467 e. The van der Waals surface area contributed by atoms with Gasteiger partial charge >= 0.3 is 6.55 Å². The minimum absolute atomic E-state index is 0.153. The summed E-state index contributed by atoms with van der Waals surface area (Å²) in [6.45, 7) is -2.46. The molecule has 0 saturated carbocycles. The molecule has 6 nitrogen and oxygen atoms in total. The summed E-state index contributed by atoms with van der Waals surface area (Å²) in [7, 11) is 0. The molecule has 0 fully saturated rings. The molecule has 0 amide bonds. The molecule has 0 bridgehead atoms. The van der Waals surface area contributed by atoms with Crippen LogP contribution in [0.5, 0.6) is 0 Å². The van der Waals surface area contributed by atoms with E-state index in [0.29, 0.717) is 21.8 Å². The van der Waals surface area contributed by atoms with Gasteiger partial charge in [0.1, 0.15) is 11.6 Å². The average molecular weight is 388 g/mol. The summed E-state index contributed by atoms with van der Waals surface area (Å²) >= 11 is 1.18. The van der Waals surface area contributed by atoms with Gasteiger partial charge in [-0.3, -0.25) is 13.9 Å². The van der Waals surface area contributed by atoms with Gasteiger partial charge in [-0.25, -0.2) is 9.97 Å². The molecule has 138 valence electrons. The zero-order chi connectivity index (χ0) is 18.8. The first kappa shape index (κ1) is 17.5. The second-order valence-electron chi connectivity index (χ2n) is 5.70. The van der Waals surface area contributed by atoms with Crippen molar-refractivity contribution in [2.75, 3.05) is 0 Å². The molecule has 0 aliphatic rings. The maximum Gasteiger partial charge on any atom is 0.319 e. The van der Waals surface area contributed by atoms with Crippen LogP contribution in [0, 0.1) is 0 Å². The maximum absolute atomic E-state index is 13.0. The molecular formula is C18H14F2N4O2S. The number of rotatable bonds is 6. The van der Waals surface area contributed by atoms with Gasteiger partial charge in [-0.15, -0.1) is 0 Å². The Labute approximate surface area is 156 Å². The molecule has 4 aromatic rings. The van der Waals surface area contributed by atoms with E-state index < -0.39 is 6.55 Å². The summed E-state index contributed by atoms with van der Waals surface area (Å²) in [4.78, 5) is 21.5. The molecule has 0 unspecified atom stereocenters. The van der Waals surface area contributed by atoms with Crippen molar-refractivity contribution >= 4 is 22.7 Å². The third-order valence-electron chi connectivity index (χ3n) is 4.01. The largest absolute Gasteiger partial charge is 0.467 e. The number of nitrogens with zero attached hydrogens (tertiary/aromatic N) is 4. The van der Waals surface area contributed by atoms with Crippen molar-refractivity contribution in [2.24, 2.45) is 0 Å². The van der Waals surface area contributed by atoms with Crippen molar-refractivity contribution in [3.05, 3.63) is 77.0 Å². The van der Waals surface area contributed by atoms with Gasteiger partial charge in [-0.05, 0) is 24.3 Å². The van der Waals surface area contributed by atoms with E-state index in [1.807, 2.05) is 0 Å². The number of hydrogen-bond acceptors (Lipinski definition) is 5. The zero-order valence-corrected chi connectivity index (χ0v) is 14.8. The molecule has 3 heterocycles. The third-order valence-corrected chi connectivity index (χ3v) is 4.98. The lowest BCUT2D eigenvalue weighted by atomic mass is 10.2. The summed E-state index contributed by atoms with van der Waals surface area (Å²) in [6, 6.07) is 10.5. The lowest BCUT2D eigenvalue weighted by molar-refractivity contribution is 0.0678. The van der Waals surface area contributed by atoms with Crippen LogP contribution in [0.25, 0.3) is 10.9 Å². The summed E-state index contributed by atoms with van der Waals surface area (Å²) < 4.78 is 33.7.